The van der Waals surface area contributed by atoms with Gasteiger partial charge in [0.1, 0.15) is 5.75 Å². The average Bonchev–Trinajstić information content (AvgIpc) is 2.81. The quantitative estimate of drug-likeness (QED) is 0.514. The Morgan fingerprint density at radius 2 is 1.61 bits per heavy atom. The molecule has 4 heteroatoms. The third-order valence-electron chi connectivity index (χ3n) is 6.14. The predicted octanol–water partition coefficient (Wildman–Crippen LogP) is 6.31. The molecule has 3 aromatic carbocycles. The SMILES string of the molecule is CCOc1ccc(C(=O)N2c3ccccc3C(Nc3ccccc3)[C@@H](C)C2CC)cc1. The van der Waals surface area contributed by atoms with Crippen LogP contribution in [0.2, 0.25) is 0 Å². The Labute approximate surface area is 184 Å². The fraction of sp³-hybridized carbons (Fsp3) is 0.296. The standard InChI is InChI=1S/C27H30N2O2/c1-4-24-19(3)26(28-21-11-7-6-8-12-21)23-13-9-10-14-25(23)29(24)27(30)20-15-17-22(18-16-20)31-5-2/h6-19,24,26,28H,4-5H2,1-3H3/t19-,24?,26?/m0/s1. The Hall–Kier alpha value is -3.27. The first-order valence-electron chi connectivity index (χ1n) is 11.1. The highest BCUT2D eigenvalue weighted by Crippen LogP contribution is 2.44. The molecule has 0 aliphatic carbocycles. The van der Waals surface area contributed by atoms with Gasteiger partial charge in [0.05, 0.1) is 12.6 Å². The summed E-state index contributed by atoms with van der Waals surface area (Å²) in [4.78, 5) is 15.7. The molecule has 1 N–H and O–H groups in total. The number of hydrogen-bond donors (Lipinski definition) is 1. The Kier molecular flexibility index (Phi) is 6.26. The van der Waals surface area contributed by atoms with Crippen LogP contribution >= 0.6 is 0 Å². The van der Waals surface area contributed by atoms with Gasteiger partial charge in [-0.3, -0.25) is 4.79 Å². The number of carbonyl (C=O) groups is 1. The number of hydrogen-bond acceptors (Lipinski definition) is 3. The van der Waals surface area contributed by atoms with E-state index < -0.39 is 0 Å². The van der Waals surface area contributed by atoms with Crippen molar-refractivity contribution in [2.45, 2.75) is 39.3 Å². The summed E-state index contributed by atoms with van der Waals surface area (Å²) < 4.78 is 5.54. The van der Waals surface area contributed by atoms with Gasteiger partial charge in [-0.2, -0.15) is 0 Å². The van der Waals surface area contributed by atoms with E-state index in [1.807, 2.05) is 60.4 Å². The number of fused-ring (bicyclic) bond motifs is 1. The van der Waals surface area contributed by atoms with Gasteiger partial charge in [0.15, 0.2) is 0 Å². The molecule has 1 heterocycles. The van der Waals surface area contributed by atoms with E-state index in [0.717, 1.165) is 29.1 Å². The summed E-state index contributed by atoms with van der Waals surface area (Å²) in [7, 11) is 0. The molecule has 0 fully saturated rings. The number of anilines is 2. The minimum Gasteiger partial charge on any atom is -0.494 e. The number of rotatable bonds is 6. The van der Waals surface area contributed by atoms with Gasteiger partial charge >= 0.3 is 0 Å². The van der Waals surface area contributed by atoms with Crippen LogP contribution in [0, 0.1) is 5.92 Å². The maximum Gasteiger partial charge on any atom is 0.258 e. The van der Waals surface area contributed by atoms with Crippen molar-refractivity contribution in [3.05, 3.63) is 90.0 Å². The van der Waals surface area contributed by atoms with Crippen LogP contribution in [-0.4, -0.2) is 18.6 Å². The van der Waals surface area contributed by atoms with Crippen LogP contribution in [-0.2, 0) is 0 Å². The first-order valence-corrected chi connectivity index (χ1v) is 11.1. The van der Waals surface area contributed by atoms with Crippen molar-refractivity contribution in [2.24, 2.45) is 5.92 Å². The summed E-state index contributed by atoms with van der Waals surface area (Å²) in [6, 6.07) is 26.3. The van der Waals surface area contributed by atoms with E-state index in [0.29, 0.717) is 12.2 Å². The van der Waals surface area contributed by atoms with Crippen molar-refractivity contribution in [1.29, 1.82) is 0 Å². The molecule has 160 valence electrons. The van der Waals surface area contributed by atoms with Gasteiger partial charge in [0.25, 0.3) is 5.91 Å². The van der Waals surface area contributed by atoms with Crippen LogP contribution in [0.4, 0.5) is 11.4 Å². The molecule has 2 unspecified atom stereocenters. The number of nitrogens with zero attached hydrogens (tertiary/aromatic N) is 1. The van der Waals surface area contributed by atoms with Crippen molar-refractivity contribution < 1.29 is 9.53 Å². The molecule has 1 aliphatic rings. The molecule has 1 amide bonds. The number of nitrogens with one attached hydrogen (secondary N) is 1. The second-order valence-electron chi connectivity index (χ2n) is 8.01. The van der Waals surface area contributed by atoms with Crippen LogP contribution in [0.15, 0.2) is 78.9 Å². The predicted molar refractivity (Wildman–Crippen MR) is 127 cm³/mol. The van der Waals surface area contributed by atoms with Crippen LogP contribution < -0.4 is 15.0 Å². The molecule has 0 bridgehead atoms. The fourth-order valence-corrected chi connectivity index (χ4v) is 4.63. The number of para-hydroxylation sites is 2. The van der Waals surface area contributed by atoms with Gasteiger partial charge < -0.3 is 15.0 Å². The Morgan fingerprint density at radius 1 is 0.935 bits per heavy atom. The maximum atomic E-state index is 13.7. The normalized spacial score (nSPS) is 20.1. The fourth-order valence-electron chi connectivity index (χ4n) is 4.63. The summed E-state index contributed by atoms with van der Waals surface area (Å²) in [6.07, 6.45) is 0.880. The molecule has 0 radical (unpaired) electrons. The Balaban J connectivity index is 1.71. The molecule has 4 nitrogen and oxygen atoms in total. The highest BCUT2D eigenvalue weighted by Gasteiger charge is 2.40. The highest BCUT2D eigenvalue weighted by molar-refractivity contribution is 6.07. The summed E-state index contributed by atoms with van der Waals surface area (Å²) >= 11 is 0. The van der Waals surface area contributed by atoms with E-state index in [1.165, 1.54) is 0 Å². The van der Waals surface area contributed by atoms with Gasteiger partial charge in [0.2, 0.25) is 0 Å². The van der Waals surface area contributed by atoms with Gasteiger partial charge in [-0.05, 0) is 61.4 Å². The lowest BCUT2D eigenvalue weighted by molar-refractivity contribution is 0.0960. The molecule has 3 atom stereocenters. The highest BCUT2D eigenvalue weighted by atomic mass is 16.5. The third kappa shape index (κ3) is 4.15. The van der Waals surface area contributed by atoms with Crippen molar-refractivity contribution in [3.63, 3.8) is 0 Å². The first-order chi connectivity index (χ1) is 15.1. The summed E-state index contributed by atoms with van der Waals surface area (Å²) in [5.41, 5.74) is 3.91. The first kappa shape index (κ1) is 21.0. The van der Waals surface area contributed by atoms with E-state index in [9.17, 15) is 4.79 Å². The van der Waals surface area contributed by atoms with Gasteiger partial charge in [-0.25, -0.2) is 0 Å². The minimum absolute atomic E-state index is 0.0346. The van der Waals surface area contributed by atoms with E-state index in [1.54, 1.807) is 0 Å². The second-order valence-corrected chi connectivity index (χ2v) is 8.01. The van der Waals surface area contributed by atoms with Crippen LogP contribution in [0.5, 0.6) is 5.75 Å². The Morgan fingerprint density at radius 3 is 2.29 bits per heavy atom. The van der Waals surface area contributed by atoms with Crippen molar-refractivity contribution in [3.8, 4) is 5.75 Å². The number of benzene rings is 3. The molecular weight excluding hydrogens is 384 g/mol. The Bertz CT molecular complexity index is 1020. The number of amides is 1. The number of ether oxygens (including phenoxy) is 1. The van der Waals surface area contributed by atoms with E-state index in [4.69, 9.17) is 4.74 Å². The smallest absolute Gasteiger partial charge is 0.258 e. The molecular formula is C27H30N2O2. The van der Waals surface area contributed by atoms with Crippen molar-refractivity contribution >= 4 is 17.3 Å². The van der Waals surface area contributed by atoms with Crippen LogP contribution in [0.25, 0.3) is 0 Å². The molecule has 4 rings (SSSR count). The molecule has 0 spiro atoms. The van der Waals surface area contributed by atoms with Crippen molar-refractivity contribution in [1.82, 2.24) is 0 Å². The summed E-state index contributed by atoms with van der Waals surface area (Å²) in [5, 5.41) is 3.72. The maximum absolute atomic E-state index is 13.7. The van der Waals surface area contributed by atoms with Crippen LogP contribution in [0.3, 0.4) is 0 Å². The molecule has 0 saturated carbocycles. The summed E-state index contributed by atoms with van der Waals surface area (Å²) in [6.45, 7) is 6.96. The zero-order valence-corrected chi connectivity index (χ0v) is 18.4. The minimum atomic E-state index is 0.0346. The molecule has 0 aromatic heterocycles. The monoisotopic (exact) mass is 414 g/mol. The van der Waals surface area contributed by atoms with Gasteiger partial charge in [-0.1, -0.05) is 50.2 Å². The lowest BCUT2D eigenvalue weighted by Crippen LogP contribution is -2.50. The van der Waals surface area contributed by atoms with E-state index >= 15 is 0 Å². The van der Waals surface area contributed by atoms with Crippen LogP contribution in [0.1, 0.15) is 49.2 Å². The summed E-state index contributed by atoms with van der Waals surface area (Å²) in [5.74, 6) is 1.06. The van der Waals surface area contributed by atoms with Gasteiger partial charge in [-0.15, -0.1) is 0 Å². The third-order valence-corrected chi connectivity index (χ3v) is 6.14. The largest absolute Gasteiger partial charge is 0.494 e. The topological polar surface area (TPSA) is 41.6 Å². The van der Waals surface area contributed by atoms with Gasteiger partial charge in [0, 0.05) is 28.9 Å². The lowest BCUT2D eigenvalue weighted by atomic mass is 9.80. The second kappa shape index (κ2) is 9.25. The zero-order valence-electron chi connectivity index (χ0n) is 18.4. The lowest BCUT2D eigenvalue weighted by Gasteiger charge is -2.45. The van der Waals surface area contributed by atoms with E-state index in [2.05, 4.69) is 49.5 Å². The zero-order chi connectivity index (χ0) is 21.8. The molecule has 0 saturated heterocycles. The molecule has 3 aromatic rings. The molecule has 1 aliphatic heterocycles. The molecule has 31 heavy (non-hydrogen) atoms. The average molecular weight is 415 g/mol. The van der Waals surface area contributed by atoms with E-state index in [-0.39, 0.29) is 23.9 Å². The number of carbonyl (C=O) groups excluding carboxylic acids is 1. The van der Waals surface area contributed by atoms with Crippen molar-refractivity contribution in [2.75, 3.05) is 16.8 Å².